The fourth-order valence-electron chi connectivity index (χ4n) is 5.53. The van der Waals surface area contributed by atoms with Crippen molar-refractivity contribution in [3.05, 3.63) is 90.0 Å². The van der Waals surface area contributed by atoms with Gasteiger partial charge in [-0.15, -0.1) is 0 Å². The predicted molar refractivity (Wildman–Crippen MR) is 147 cm³/mol. The Morgan fingerprint density at radius 3 is 2.06 bits per heavy atom. The molecule has 2 heteroatoms. The van der Waals surface area contributed by atoms with E-state index in [1.807, 2.05) is 0 Å². The number of hydrogen-bond acceptors (Lipinski definition) is 2. The maximum Gasteiger partial charge on any atom is 0.227 e. The topological polar surface area (TPSA) is 18.5 Å². The van der Waals surface area contributed by atoms with Crippen molar-refractivity contribution < 1.29 is 9.47 Å². The molecule has 1 aliphatic carbocycles. The zero-order valence-electron chi connectivity index (χ0n) is 21.2. The summed E-state index contributed by atoms with van der Waals surface area (Å²) in [5, 5.41) is 4.84. The molecular weight excluding hydrogens is 428 g/mol. The normalized spacial score (nSPS) is 16.4. The maximum absolute atomic E-state index is 6.65. The van der Waals surface area contributed by atoms with Gasteiger partial charge in [-0.1, -0.05) is 107 Å². The van der Waals surface area contributed by atoms with Crippen LogP contribution in [0.1, 0.15) is 82.1 Å². The summed E-state index contributed by atoms with van der Waals surface area (Å²) in [6.45, 7) is 5.23. The predicted octanol–water partition coefficient (Wildman–Crippen LogP) is 9.57. The molecule has 4 aromatic carbocycles. The van der Waals surface area contributed by atoms with Crippen molar-refractivity contribution in [1.82, 2.24) is 0 Å². The Kier molecular flexibility index (Phi) is 7.69. The molecule has 0 amide bonds. The Balaban J connectivity index is 1.49. The van der Waals surface area contributed by atoms with Crippen molar-refractivity contribution >= 4 is 21.5 Å². The summed E-state index contributed by atoms with van der Waals surface area (Å²) in [4.78, 5) is 0. The van der Waals surface area contributed by atoms with Crippen LogP contribution in [0.15, 0.2) is 78.9 Å². The lowest BCUT2D eigenvalue weighted by molar-refractivity contribution is -0.0859. The van der Waals surface area contributed by atoms with Crippen molar-refractivity contribution in [2.75, 3.05) is 6.61 Å². The number of hydrogen-bond donors (Lipinski definition) is 0. The van der Waals surface area contributed by atoms with Crippen molar-refractivity contribution in [3.63, 3.8) is 0 Å². The quantitative estimate of drug-likeness (QED) is 0.181. The van der Waals surface area contributed by atoms with E-state index in [0.717, 1.165) is 36.7 Å². The van der Waals surface area contributed by atoms with Crippen LogP contribution >= 0.6 is 0 Å². The highest BCUT2D eigenvalue weighted by Crippen LogP contribution is 2.37. The summed E-state index contributed by atoms with van der Waals surface area (Å²) in [7, 11) is 0. The molecule has 2 atom stereocenters. The summed E-state index contributed by atoms with van der Waals surface area (Å²) in [6.07, 6.45) is 8.57. The van der Waals surface area contributed by atoms with Gasteiger partial charge >= 0.3 is 0 Å². The SMILES string of the molecule is CCC(C)c1ccc(OC(OCCC2CCCCC2)c2c3ccccc3cc3ccccc23)cc1. The van der Waals surface area contributed by atoms with E-state index in [9.17, 15) is 0 Å². The van der Waals surface area contributed by atoms with Gasteiger partial charge in [-0.05, 0) is 70.0 Å². The molecule has 182 valence electrons. The van der Waals surface area contributed by atoms with Crippen LogP contribution in [-0.4, -0.2) is 6.61 Å². The Hall–Kier alpha value is -2.84. The van der Waals surface area contributed by atoms with Gasteiger partial charge in [-0.3, -0.25) is 0 Å². The van der Waals surface area contributed by atoms with Gasteiger partial charge in [-0.25, -0.2) is 0 Å². The Morgan fingerprint density at radius 1 is 0.800 bits per heavy atom. The minimum Gasteiger partial charge on any atom is -0.461 e. The van der Waals surface area contributed by atoms with Gasteiger partial charge in [0.25, 0.3) is 0 Å². The molecule has 2 nitrogen and oxygen atoms in total. The smallest absolute Gasteiger partial charge is 0.227 e. The molecular formula is C33H38O2. The highest BCUT2D eigenvalue weighted by Gasteiger charge is 2.22. The van der Waals surface area contributed by atoms with Crippen LogP contribution in [0.4, 0.5) is 0 Å². The number of fused-ring (bicyclic) bond motifs is 2. The van der Waals surface area contributed by atoms with E-state index >= 15 is 0 Å². The molecule has 0 aromatic heterocycles. The Labute approximate surface area is 210 Å². The van der Waals surface area contributed by atoms with Crippen LogP contribution in [-0.2, 0) is 4.74 Å². The molecule has 1 fully saturated rings. The molecule has 35 heavy (non-hydrogen) atoms. The first kappa shape index (κ1) is 23.9. The van der Waals surface area contributed by atoms with Gasteiger partial charge in [-0.2, -0.15) is 0 Å². The molecule has 0 saturated heterocycles. The van der Waals surface area contributed by atoms with E-state index < -0.39 is 6.29 Å². The summed E-state index contributed by atoms with van der Waals surface area (Å²) < 4.78 is 13.3. The van der Waals surface area contributed by atoms with E-state index in [2.05, 4.69) is 92.7 Å². The van der Waals surface area contributed by atoms with Gasteiger partial charge in [0.1, 0.15) is 5.75 Å². The van der Waals surface area contributed by atoms with Gasteiger partial charge in [0.15, 0.2) is 0 Å². The molecule has 0 aliphatic heterocycles. The minimum atomic E-state index is -0.455. The van der Waals surface area contributed by atoms with Gasteiger partial charge < -0.3 is 9.47 Å². The lowest BCUT2D eigenvalue weighted by Crippen LogP contribution is -2.16. The second-order valence-electron chi connectivity index (χ2n) is 10.2. The standard InChI is InChI=1S/C33H38O2/c1-3-24(2)26-17-19-29(20-18-26)35-33(34-22-21-25-11-5-4-6-12-25)32-30-15-9-7-13-27(30)23-28-14-8-10-16-31(28)32/h7-10,13-20,23-25,33H,3-6,11-12,21-22H2,1-2H3. The van der Waals surface area contributed by atoms with E-state index in [-0.39, 0.29) is 0 Å². The van der Waals surface area contributed by atoms with Crippen LogP contribution in [0, 0.1) is 5.92 Å². The largest absolute Gasteiger partial charge is 0.461 e. The third-order valence-corrected chi connectivity index (χ3v) is 7.87. The monoisotopic (exact) mass is 466 g/mol. The lowest BCUT2D eigenvalue weighted by atomic mass is 9.87. The molecule has 0 spiro atoms. The average Bonchev–Trinajstić information content (AvgIpc) is 2.92. The highest BCUT2D eigenvalue weighted by atomic mass is 16.7. The maximum atomic E-state index is 6.65. The molecule has 1 aliphatic rings. The first-order valence-corrected chi connectivity index (χ1v) is 13.5. The van der Waals surface area contributed by atoms with Gasteiger partial charge in [0.2, 0.25) is 6.29 Å². The molecule has 4 aromatic rings. The lowest BCUT2D eigenvalue weighted by Gasteiger charge is -2.26. The Bertz CT molecular complexity index is 1180. The summed E-state index contributed by atoms with van der Waals surface area (Å²) in [5.74, 6) is 2.19. The van der Waals surface area contributed by atoms with Crippen LogP contribution in [0.3, 0.4) is 0 Å². The van der Waals surface area contributed by atoms with E-state index in [1.165, 1.54) is 59.2 Å². The molecule has 1 saturated carbocycles. The first-order chi connectivity index (χ1) is 17.2. The summed E-state index contributed by atoms with van der Waals surface area (Å²) in [5.41, 5.74) is 2.48. The van der Waals surface area contributed by atoms with Crippen molar-refractivity contribution in [2.45, 2.75) is 71.0 Å². The summed E-state index contributed by atoms with van der Waals surface area (Å²) in [6, 6.07) is 28.1. The van der Waals surface area contributed by atoms with E-state index in [0.29, 0.717) is 5.92 Å². The third kappa shape index (κ3) is 5.54. The first-order valence-electron chi connectivity index (χ1n) is 13.5. The Morgan fingerprint density at radius 2 is 1.43 bits per heavy atom. The average molecular weight is 467 g/mol. The van der Waals surface area contributed by atoms with Gasteiger partial charge in [0.05, 0.1) is 6.61 Å². The minimum absolute atomic E-state index is 0.455. The van der Waals surface area contributed by atoms with Crippen molar-refractivity contribution in [2.24, 2.45) is 5.92 Å². The van der Waals surface area contributed by atoms with Crippen LogP contribution in [0.25, 0.3) is 21.5 Å². The molecule has 0 N–H and O–H groups in total. The number of benzene rings is 4. The fourth-order valence-corrected chi connectivity index (χ4v) is 5.53. The fraction of sp³-hybridized carbons (Fsp3) is 0.394. The van der Waals surface area contributed by atoms with Crippen molar-refractivity contribution in [3.8, 4) is 5.75 Å². The van der Waals surface area contributed by atoms with Crippen molar-refractivity contribution in [1.29, 1.82) is 0 Å². The molecule has 0 bridgehead atoms. The third-order valence-electron chi connectivity index (χ3n) is 7.87. The molecule has 0 heterocycles. The van der Waals surface area contributed by atoms with E-state index in [4.69, 9.17) is 9.47 Å². The molecule has 2 unspecified atom stereocenters. The van der Waals surface area contributed by atoms with E-state index in [1.54, 1.807) is 0 Å². The van der Waals surface area contributed by atoms with Crippen LogP contribution in [0.5, 0.6) is 5.75 Å². The highest BCUT2D eigenvalue weighted by molar-refractivity contribution is 6.02. The number of ether oxygens (including phenoxy) is 2. The zero-order valence-corrected chi connectivity index (χ0v) is 21.2. The molecule has 0 radical (unpaired) electrons. The molecule has 5 rings (SSSR count). The van der Waals surface area contributed by atoms with Crippen LogP contribution in [0.2, 0.25) is 0 Å². The number of rotatable bonds is 9. The summed E-state index contributed by atoms with van der Waals surface area (Å²) >= 11 is 0. The second kappa shape index (κ2) is 11.3. The van der Waals surface area contributed by atoms with Crippen LogP contribution < -0.4 is 4.74 Å². The second-order valence-corrected chi connectivity index (χ2v) is 10.2. The van der Waals surface area contributed by atoms with Gasteiger partial charge in [0, 0.05) is 5.56 Å². The zero-order chi connectivity index (χ0) is 24.0.